The van der Waals surface area contributed by atoms with Gasteiger partial charge in [0.25, 0.3) is 5.91 Å². The SMILES string of the molecule is O=C(O)CNC(=O)c1c(=O)cc(SCc2ccc(-c3ccccc3)cc2)n2[nH]cnc12. The smallest absolute Gasteiger partial charge is 0.322 e. The number of aromatic amines is 1. The molecule has 3 N–H and O–H groups in total. The average molecular weight is 434 g/mol. The quantitative estimate of drug-likeness (QED) is 0.385. The number of carboxylic acids is 1. The molecule has 0 saturated carbocycles. The zero-order valence-electron chi connectivity index (χ0n) is 16.2. The molecule has 1 amide bonds. The molecule has 0 bridgehead atoms. The summed E-state index contributed by atoms with van der Waals surface area (Å²) in [5, 5.41) is 14.4. The lowest BCUT2D eigenvalue weighted by Crippen LogP contribution is -2.33. The van der Waals surface area contributed by atoms with E-state index in [2.05, 4.69) is 39.7 Å². The molecule has 2 heterocycles. The maximum absolute atomic E-state index is 12.6. The number of fused-ring (bicyclic) bond motifs is 1. The predicted octanol–water partition coefficient (Wildman–Crippen LogP) is 2.80. The first kappa shape index (κ1) is 20.4. The van der Waals surface area contributed by atoms with Crippen LogP contribution in [0.2, 0.25) is 0 Å². The molecule has 0 unspecified atom stereocenters. The van der Waals surface area contributed by atoms with Crippen molar-refractivity contribution < 1.29 is 14.7 Å². The van der Waals surface area contributed by atoms with Crippen LogP contribution in [0.1, 0.15) is 15.9 Å². The van der Waals surface area contributed by atoms with Crippen LogP contribution in [-0.4, -0.2) is 38.1 Å². The van der Waals surface area contributed by atoms with Crippen LogP contribution in [0.5, 0.6) is 0 Å². The van der Waals surface area contributed by atoms with Gasteiger partial charge in [-0.25, -0.2) is 9.50 Å². The van der Waals surface area contributed by atoms with E-state index in [1.807, 2.05) is 30.3 Å². The Morgan fingerprint density at radius 1 is 1.06 bits per heavy atom. The zero-order chi connectivity index (χ0) is 21.8. The Bertz CT molecular complexity index is 1300. The largest absolute Gasteiger partial charge is 0.480 e. The Balaban J connectivity index is 1.54. The summed E-state index contributed by atoms with van der Waals surface area (Å²) in [7, 11) is 0. The molecular weight excluding hydrogens is 416 g/mol. The summed E-state index contributed by atoms with van der Waals surface area (Å²) in [6.07, 6.45) is 1.38. The van der Waals surface area contributed by atoms with Crippen molar-refractivity contribution >= 4 is 29.3 Å². The van der Waals surface area contributed by atoms with Crippen molar-refractivity contribution in [1.29, 1.82) is 0 Å². The molecule has 2 aromatic carbocycles. The van der Waals surface area contributed by atoms with Crippen molar-refractivity contribution in [2.24, 2.45) is 0 Å². The highest BCUT2D eigenvalue weighted by molar-refractivity contribution is 7.98. The van der Waals surface area contributed by atoms with Gasteiger partial charge in [-0.3, -0.25) is 19.5 Å². The summed E-state index contributed by atoms with van der Waals surface area (Å²) in [4.78, 5) is 39.6. The van der Waals surface area contributed by atoms with Gasteiger partial charge in [0.15, 0.2) is 11.1 Å². The van der Waals surface area contributed by atoms with Crippen molar-refractivity contribution in [1.82, 2.24) is 19.9 Å². The van der Waals surface area contributed by atoms with Crippen LogP contribution in [0, 0.1) is 0 Å². The average Bonchev–Trinajstić information content (AvgIpc) is 3.26. The number of nitrogens with one attached hydrogen (secondary N) is 2. The molecule has 0 fully saturated rings. The molecule has 9 heteroatoms. The summed E-state index contributed by atoms with van der Waals surface area (Å²) >= 11 is 1.43. The number of H-pyrrole nitrogens is 1. The van der Waals surface area contributed by atoms with Gasteiger partial charge in [0.1, 0.15) is 23.5 Å². The van der Waals surface area contributed by atoms with Gasteiger partial charge in [0.2, 0.25) is 0 Å². The highest BCUT2D eigenvalue weighted by Crippen LogP contribution is 2.25. The van der Waals surface area contributed by atoms with Gasteiger partial charge in [0.05, 0.1) is 0 Å². The fourth-order valence-electron chi connectivity index (χ4n) is 3.12. The van der Waals surface area contributed by atoms with E-state index < -0.39 is 23.9 Å². The Kier molecular flexibility index (Phi) is 5.85. The van der Waals surface area contributed by atoms with E-state index in [9.17, 15) is 14.4 Å². The van der Waals surface area contributed by atoms with Crippen molar-refractivity contribution in [3.05, 3.63) is 88.3 Å². The topological polar surface area (TPSA) is 117 Å². The number of carboxylic acid groups (broad SMARTS) is 1. The normalized spacial score (nSPS) is 10.8. The third-order valence-corrected chi connectivity index (χ3v) is 5.68. The number of benzene rings is 2. The van der Waals surface area contributed by atoms with E-state index in [4.69, 9.17) is 5.11 Å². The van der Waals surface area contributed by atoms with E-state index in [1.165, 1.54) is 24.2 Å². The third-order valence-electron chi connectivity index (χ3n) is 4.61. The van der Waals surface area contributed by atoms with E-state index in [1.54, 1.807) is 4.52 Å². The van der Waals surface area contributed by atoms with Gasteiger partial charge in [-0.2, -0.15) is 0 Å². The number of nitrogens with zero attached hydrogens (tertiary/aromatic N) is 2. The number of carbonyl (C=O) groups excluding carboxylic acids is 1. The van der Waals surface area contributed by atoms with Crippen LogP contribution in [0.4, 0.5) is 0 Å². The lowest BCUT2D eigenvalue weighted by molar-refractivity contribution is -0.135. The van der Waals surface area contributed by atoms with Gasteiger partial charge < -0.3 is 10.4 Å². The second-order valence-corrected chi connectivity index (χ2v) is 7.69. The molecule has 4 rings (SSSR count). The summed E-state index contributed by atoms with van der Waals surface area (Å²) in [6.45, 7) is -0.579. The number of aromatic nitrogens is 3. The lowest BCUT2D eigenvalue weighted by Gasteiger charge is -2.09. The first-order valence-corrected chi connectivity index (χ1v) is 10.4. The molecule has 0 aliphatic heterocycles. The van der Waals surface area contributed by atoms with Crippen LogP contribution in [-0.2, 0) is 10.5 Å². The van der Waals surface area contributed by atoms with Crippen molar-refractivity contribution in [3.8, 4) is 11.1 Å². The molecule has 2 aromatic heterocycles. The second-order valence-electron chi connectivity index (χ2n) is 6.70. The second kappa shape index (κ2) is 8.88. The number of carbonyl (C=O) groups is 2. The molecule has 0 aliphatic rings. The van der Waals surface area contributed by atoms with Crippen LogP contribution < -0.4 is 10.7 Å². The third kappa shape index (κ3) is 4.51. The van der Waals surface area contributed by atoms with Crippen LogP contribution in [0.3, 0.4) is 0 Å². The first-order valence-electron chi connectivity index (χ1n) is 9.39. The molecular formula is C22H18N4O4S. The maximum Gasteiger partial charge on any atom is 0.322 e. The highest BCUT2D eigenvalue weighted by atomic mass is 32.2. The molecule has 0 radical (unpaired) electrons. The van der Waals surface area contributed by atoms with Crippen LogP contribution in [0.15, 0.2) is 76.8 Å². The van der Waals surface area contributed by atoms with Crippen LogP contribution in [0.25, 0.3) is 16.8 Å². The molecule has 31 heavy (non-hydrogen) atoms. The Morgan fingerprint density at radius 3 is 2.48 bits per heavy atom. The molecule has 8 nitrogen and oxygen atoms in total. The number of hydrogen-bond donors (Lipinski definition) is 3. The van der Waals surface area contributed by atoms with E-state index in [-0.39, 0.29) is 11.2 Å². The fraction of sp³-hybridized carbons (Fsp3) is 0.0909. The number of amides is 1. The zero-order valence-corrected chi connectivity index (χ0v) is 17.1. The number of pyridine rings is 1. The highest BCUT2D eigenvalue weighted by Gasteiger charge is 2.19. The minimum atomic E-state index is -1.20. The molecule has 0 atom stereocenters. The lowest BCUT2D eigenvalue weighted by atomic mass is 10.0. The summed E-state index contributed by atoms with van der Waals surface area (Å²) < 4.78 is 1.54. The number of aliphatic carboxylic acids is 1. The number of thioether (sulfide) groups is 1. The fourth-order valence-corrected chi connectivity index (χ4v) is 4.08. The van der Waals surface area contributed by atoms with Gasteiger partial charge in [-0.05, 0) is 16.7 Å². The number of rotatable bonds is 7. The summed E-state index contributed by atoms with van der Waals surface area (Å²) in [5.74, 6) is -1.36. The van der Waals surface area contributed by atoms with Gasteiger partial charge in [-0.15, -0.1) is 11.8 Å². The van der Waals surface area contributed by atoms with E-state index in [0.717, 1.165) is 16.7 Å². The first-order chi connectivity index (χ1) is 15.0. The standard InChI is InChI=1S/C22H18N4O4S/c27-17-10-18(26-21(24-13-25-26)20(17)22(30)23-11-19(28)29)31-12-14-6-8-16(9-7-14)15-4-2-1-3-5-15/h1-10,13H,11-12H2,(H,23,30)(H,24,25)(H,28,29). The Morgan fingerprint density at radius 2 is 1.77 bits per heavy atom. The molecule has 0 spiro atoms. The van der Waals surface area contributed by atoms with Crippen molar-refractivity contribution in [3.63, 3.8) is 0 Å². The summed E-state index contributed by atoms with van der Waals surface area (Å²) in [5.41, 5.74) is 2.78. The van der Waals surface area contributed by atoms with Gasteiger partial charge in [-0.1, -0.05) is 54.6 Å². The minimum Gasteiger partial charge on any atom is -0.480 e. The summed E-state index contributed by atoms with van der Waals surface area (Å²) in [6, 6.07) is 19.6. The van der Waals surface area contributed by atoms with Crippen molar-refractivity contribution in [2.75, 3.05) is 6.54 Å². The van der Waals surface area contributed by atoms with Crippen molar-refractivity contribution in [2.45, 2.75) is 10.8 Å². The number of hydrogen-bond acceptors (Lipinski definition) is 5. The van der Waals surface area contributed by atoms with E-state index >= 15 is 0 Å². The molecule has 156 valence electrons. The molecule has 0 saturated heterocycles. The Labute approximate surface area is 180 Å². The minimum absolute atomic E-state index is 0.150. The maximum atomic E-state index is 12.6. The molecule has 4 aromatic rings. The predicted molar refractivity (Wildman–Crippen MR) is 117 cm³/mol. The Hall–Kier alpha value is -3.85. The monoisotopic (exact) mass is 434 g/mol. The van der Waals surface area contributed by atoms with E-state index in [0.29, 0.717) is 10.8 Å². The van der Waals surface area contributed by atoms with Gasteiger partial charge in [0, 0.05) is 11.8 Å². The molecule has 0 aliphatic carbocycles. The van der Waals surface area contributed by atoms with Crippen LogP contribution >= 0.6 is 11.8 Å². The van der Waals surface area contributed by atoms with Gasteiger partial charge >= 0.3 is 5.97 Å².